The Labute approximate surface area is 123 Å². The van der Waals surface area contributed by atoms with Crippen molar-refractivity contribution in [3.05, 3.63) is 59.3 Å². The third kappa shape index (κ3) is 3.80. The van der Waals surface area contributed by atoms with Crippen LogP contribution in [-0.2, 0) is 6.54 Å². The van der Waals surface area contributed by atoms with Crippen LogP contribution in [0.5, 0.6) is 0 Å². The number of hydrogen-bond donors (Lipinski definition) is 1. The summed E-state index contributed by atoms with van der Waals surface area (Å²) in [6, 6.07) is 13.0. The zero-order chi connectivity index (χ0) is 15.2. The van der Waals surface area contributed by atoms with E-state index >= 15 is 0 Å². The SMILES string of the molecule is CN(C)C(=O)c1ccc(NCc2cccc(C#N)c2)nc1. The van der Waals surface area contributed by atoms with E-state index in [1.807, 2.05) is 18.2 Å². The van der Waals surface area contributed by atoms with Gasteiger partial charge in [0.2, 0.25) is 0 Å². The summed E-state index contributed by atoms with van der Waals surface area (Å²) >= 11 is 0. The zero-order valence-electron chi connectivity index (χ0n) is 12.0. The van der Waals surface area contributed by atoms with Crippen LogP contribution in [-0.4, -0.2) is 29.9 Å². The van der Waals surface area contributed by atoms with Crippen LogP contribution >= 0.6 is 0 Å². The van der Waals surface area contributed by atoms with Crippen molar-refractivity contribution < 1.29 is 4.79 Å². The summed E-state index contributed by atoms with van der Waals surface area (Å²) in [6.45, 7) is 0.573. The average Bonchev–Trinajstić information content (AvgIpc) is 2.53. The Kier molecular flexibility index (Phi) is 4.52. The van der Waals surface area contributed by atoms with Gasteiger partial charge in [0.05, 0.1) is 17.2 Å². The van der Waals surface area contributed by atoms with Crippen molar-refractivity contribution in [1.82, 2.24) is 9.88 Å². The standard InChI is InChI=1S/C16H16N4O/c1-20(2)16(21)14-6-7-15(19-11-14)18-10-13-5-3-4-12(8-13)9-17/h3-8,11H,10H2,1-2H3,(H,18,19). The fraction of sp³-hybridized carbons (Fsp3) is 0.188. The number of pyridine rings is 1. The number of nitrogens with one attached hydrogen (secondary N) is 1. The molecule has 0 fully saturated rings. The molecule has 0 aliphatic rings. The van der Waals surface area contributed by atoms with Crippen molar-refractivity contribution in [2.45, 2.75) is 6.54 Å². The monoisotopic (exact) mass is 280 g/mol. The van der Waals surface area contributed by atoms with Crippen molar-refractivity contribution in [2.24, 2.45) is 0 Å². The van der Waals surface area contributed by atoms with Gasteiger partial charge in [-0.15, -0.1) is 0 Å². The average molecular weight is 280 g/mol. The lowest BCUT2D eigenvalue weighted by Crippen LogP contribution is -2.21. The molecule has 0 atom stereocenters. The molecule has 106 valence electrons. The Morgan fingerprint density at radius 1 is 1.33 bits per heavy atom. The van der Waals surface area contributed by atoms with Crippen LogP contribution < -0.4 is 5.32 Å². The zero-order valence-corrected chi connectivity index (χ0v) is 12.0. The highest BCUT2D eigenvalue weighted by Crippen LogP contribution is 2.10. The van der Waals surface area contributed by atoms with Gasteiger partial charge < -0.3 is 10.2 Å². The van der Waals surface area contributed by atoms with E-state index in [1.54, 1.807) is 38.5 Å². The van der Waals surface area contributed by atoms with Gasteiger partial charge in [-0.1, -0.05) is 12.1 Å². The molecule has 1 heterocycles. The Bertz CT molecular complexity index is 671. The molecular weight excluding hydrogens is 264 g/mol. The number of nitrogens with zero attached hydrogens (tertiary/aromatic N) is 3. The number of aromatic nitrogens is 1. The van der Waals surface area contributed by atoms with Crippen LogP contribution in [0.2, 0.25) is 0 Å². The van der Waals surface area contributed by atoms with Crippen LogP contribution in [0.4, 0.5) is 5.82 Å². The highest BCUT2D eigenvalue weighted by molar-refractivity contribution is 5.93. The van der Waals surface area contributed by atoms with Crippen molar-refractivity contribution in [3.63, 3.8) is 0 Å². The van der Waals surface area contributed by atoms with Crippen molar-refractivity contribution in [2.75, 3.05) is 19.4 Å². The van der Waals surface area contributed by atoms with E-state index in [0.29, 0.717) is 23.5 Å². The van der Waals surface area contributed by atoms with Gasteiger partial charge in [0.25, 0.3) is 5.91 Å². The number of hydrogen-bond acceptors (Lipinski definition) is 4. The van der Waals surface area contributed by atoms with E-state index in [4.69, 9.17) is 5.26 Å². The number of nitriles is 1. The van der Waals surface area contributed by atoms with E-state index in [2.05, 4.69) is 16.4 Å². The number of benzene rings is 1. The first-order valence-electron chi connectivity index (χ1n) is 6.51. The number of amides is 1. The summed E-state index contributed by atoms with van der Waals surface area (Å²) in [5.74, 6) is 0.614. The molecule has 0 saturated carbocycles. The Balaban J connectivity index is 2.01. The second-order valence-electron chi connectivity index (χ2n) is 4.80. The quantitative estimate of drug-likeness (QED) is 0.932. The fourth-order valence-corrected chi connectivity index (χ4v) is 1.83. The normalized spacial score (nSPS) is 9.76. The molecule has 21 heavy (non-hydrogen) atoms. The molecule has 1 aromatic carbocycles. The van der Waals surface area contributed by atoms with Gasteiger partial charge in [0.1, 0.15) is 5.82 Å². The molecular formula is C16H16N4O. The van der Waals surface area contributed by atoms with Crippen molar-refractivity contribution in [3.8, 4) is 6.07 Å². The first kappa shape index (κ1) is 14.5. The molecule has 1 aromatic heterocycles. The van der Waals surface area contributed by atoms with Crippen LogP contribution in [0.1, 0.15) is 21.5 Å². The third-order valence-electron chi connectivity index (χ3n) is 2.95. The maximum absolute atomic E-state index is 11.7. The summed E-state index contributed by atoms with van der Waals surface area (Å²) < 4.78 is 0. The van der Waals surface area contributed by atoms with Gasteiger partial charge in [-0.3, -0.25) is 4.79 Å². The molecule has 0 aliphatic carbocycles. The summed E-state index contributed by atoms with van der Waals surface area (Å²) in [5.41, 5.74) is 2.19. The minimum absolute atomic E-state index is 0.0734. The molecule has 2 aromatic rings. The fourth-order valence-electron chi connectivity index (χ4n) is 1.83. The maximum atomic E-state index is 11.7. The number of carbonyl (C=O) groups is 1. The topological polar surface area (TPSA) is 69.0 Å². The smallest absolute Gasteiger partial charge is 0.254 e. The summed E-state index contributed by atoms with van der Waals surface area (Å²) in [4.78, 5) is 17.5. The Hall–Kier alpha value is -2.87. The van der Waals surface area contributed by atoms with Crippen LogP contribution in [0.3, 0.4) is 0 Å². The van der Waals surface area contributed by atoms with E-state index in [1.165, 1.54) is 4.90 Å². The second-order valence-corrected chi connectivity index (χ2v) is 4.80. The second kappa shape index (κ2) is 6.53. The van der Waals surface area contributed by atoms with Crippen molar-refractivity contribution in [1.29, 1.82) is 5.26 Å². The highest BCUT2D eigenvalue weighted by Gasteiger charge is 2.07. The molecule has 0 aliphatic heterocycles. The van der Waals surface area contributed by atoms with Gasteiger partial charge in [-0.25, -0.2) is 4.98 Å². The molecule has 0 saturated heterocycles. The Morgan fingerprint density at radius 3 is 2.76 bits per heavy atom. The van der Waals surface area contributed by atoms with E-state index < -0.39 is 0 Å². The third-order valence-corrected chi connectivity index (χ3v) is 2.95. The first-order chi connectivity index (χ1) is 10.1. The minimum atomic E-state index is -0.0734. The Morgan fingerprint density at radius 2 is 2.14 bits per heavy atom. The first-order valence-corrected chi connectivity index (χ1v) is 6.51. The largest absolute Gasteiger partial charge is 0.366 e. The van der Waals surface area contributed by atoms with Gasteiger partial charge in [-0.2, -0.15) is 5.26 Å². The predicted octanol–water partition coefficient (Wildman–Crippen LogP) is 2.27. The molecule has 0 spiro atoms. The number of carbonyl (C=O) groups excluding carboxylic acids is 1. The van der Waals surface area contributed by atoms with Gasteiger partial charge in [0, 0.05) is 26.8 Å². The minimum Gasteiger partial charge on any atom is -0.366 e. The van der Waals surface area contributed by atoms with E-state index in [0.717, 1.165) is 5.56 Å². The van der Waals surface area contributed by atoms with Gasteiger partial charge in [-0.05, 0) is 29.8 Å². The number of anilines is 1. The maximum Gasteiger partial charge on any atom is 0.254 e. The van der Waals surface area contributed by atoms with Crippen molar-refractivity contribution >= 4 is 11.7 Å². The van der Waals surface area contributed by atoms with Crippen LogP contribution in [0.15, 0.2) is 42.6 Å². The molecule has 2 rings (SSSR count). The summed E-state index contributed by atoms with van der Waals surface area (Å²) in [6.07, 6.45) is 1.55. The lowest BCUT2D eigenvalue weighted by atomic mass is 10.1. The lowest BCUT2D eigenvalue weighted by molar-refractivity contribution is 0.0827. The van der Waals surface area contributed by atoms with E-state index in [9.17, 15) is 4.79 Å². The summed E-state index contributed by atoms with van der Waals surface area (Å²) in [7, 11) is 3.41. The molecule has 1 N–H and O–H groups in total. The van der Waals surface area contributed by atoms with Crippen LogP contribution in [0.25, 0.3) is 0 Å². The molecule has 5 heteroatoms. The van der Waals surface area contributed by atoms with Gasteiger partial charge in [0.15, 0.2) is 0 Å². The molecule has 5 nitrogen and oxygen atoms in total. The predicted molar refractivity (Wildman–Crippen MR) is 80.7 cm³/mol. The molecule has 0 radical (unpaired) electrons. The highest BCUT2D eigenvalue weighted by atomic mass is 16.2. The number of rotatable bonds is 4. The van der Waals surface area contributed by atoms with E-state index in [-0.39, 0.29) is 5.91 Å². The summed E-state index contributed by atoms with van der Waals surface area (Å²) in [5, 5.41) is 12.0. The molecule has 0 bridgehead atoms. The lowest BCUT2D eigenvalue weighted by Gasteiger charge is -2.10. The van der Waals surface area contributed by atoms with Crippen LogP contribution in [0, 0.1) is 11.3 Å². The molecule has 0 unspecified atom stereocenters. The van der Waals surface area contributed by atoms with Gasteiger partial charge >= 0.3 is 0 Å². The molecule has 1 amide bonds.